The molecule has 0 aromatic rings. The molecule has 0 fully saturated rings. The first-order valence-electron chi connectivity index (χ1n) is 36.2. The van der Waals surface area contributed by atoms with Gasteiger partial charge in [0.15, 0.2) is 12.2 Å². The Labute approximate surface area is 543 Å². The Hall–Kier alpha value is -1.94. The number of carbonyl (C=O) groups excluding carboxylic acids is 4. The van der Waals surface area contributed by atoms with E-state index in [2.05, 4.69) is 55.4 Å². The molecule has 0 bridgehead atoms. The van der Waals surface area contributed by atoms with E-state index in [1.807, 2.05) is 0 Å². The first-order chi connectivity index (χ1) is 42.6. The molecule has 19 heteroatoms. The maximum absolute atomic E-state index is 13.0. The fourth-order valence-corrected chi connectivity index (χ4v) is 12.0. The Morgan fingerprint density at radius 3 is 0.798 bits per heavy atom. The van der Waals surface area contributed by atoms with Crippen molar-refractivity contribution in [2.75, 3.05) is 39.6 Å². The van der Waals surface area contributed by atoms with Crippen molar-refractivity contribution in [2.24, 2.45) is 23.7 Å². The van der Waals surface area contributed by atoms with E-state index in [0.29, 0.717) is 31.6 Å². The van der Waals surface area contributed by atoms with Crippen molar-refractivity contribution in [2.45, 2.75) is 363 Å². The zero-order chi connectivity index (χ0) is 66.1. The lowest BCUT2D eigenvalue weighted by Crippen LogP contribution is -2.30. The number of hydrogen-bond acceptors (Lipinski definition) is 15. The van der Waals surface area contributed by atoms with Crippen molar-refractivity contribution >= 4 is 39.5 Å². The van der Waals surface area contributed by atoms with Crippen LogP contribution in [0.2, 0.25) is 0 Å². The molecule has 0 saturated heterocycles. The second-order valence-electron chi connectivity index (χ2n) is 26.9. The lowest BCUT2D eigenvalue weighted by Gasteiger charge is -2.21. The molecule has 17 nitrogen and oxygen atoms in total. The van der Waals surface area contributed by atoms with Gasteiger partial charge in [-0.05, 0) is 49.4 Å². The minimum Gasteiger partial charge on any atom is -0.462 e. The van der Waals surface area contributed by atoms with Gasteiger partial charge in [0.1, 0.15) is 19.3 Å². The van der Waals surface area contributed by atoms with Gasteiger partial charge < -0.3 is 33.8 Å². The summed E-state index contributed by atoms with van der Waals surface area (Å²) in [6.07, 6.45) is 42.1. The largest absolute Gasteiger partial charge is 0.472 e. The van der Waals surface area contributed by atoms with Gasteiger partial charge in [-0.2, -0.15) is 0 Å². The summed E-state index contributed by atoms with van der Waals surface area (Å²) in [4.78, 5) is 72.4. The van der Waals surface area contributed by atoms with Gasteiger partial charge in [0.25, 0.3) is 0 Å². The highest BCUT2D eigenvalue weighted by molar-refractivity contribution is 7.47. The van der Waals surface area contributed by atoms with Gasteiger partial charge in [-0.25, -0.2) is 9.13 Å². The van der Waals surface area contributed by atoms with Crippen molar-refractivity contribution in [3.63, 3.8) is 0 Å². The van der Waals surface area contributed by atoms with Gasteiger partial charge in [0.2, 0.25) is 0 Å². The number of hydrogen-bond donors (Lipinski definition) is 3. The van der Waals surface area contributed by atoms with Crippen LogP contribution >= 0.6 is 15.6 Å². The van der Waals surface area contributed by atoms with E-state index in [-0.39, 0.29) is 25.7 Å². The van der Waals surface area contributed by atoms with Crippen LogP contribution in [0.25, 0.3) is 0 Å². The molecule has 0 amide bonds. The summed E-state index contributed by atoms with van der Waals surface area (Å²) in [5.74, 6) is 0.791. The molecule has 0 aromatic heterocycles. The van der Waals surface area contributed by atoms with Gasteiger partial charge >= 0.3 is 39.5 Å². The zero-order valence-corrected chi connectivity index (χ0v) is 59.8. The number of carbonyl (C=O) groups is 4. The molecule has 3 N–H and O–H groups in total. The number of rotatable bonds is 67. The second-order valence-corrected chi connectivity index (χ2v) is 29.8. The fraction of sp³-hybridized carbons (Fsp3) is 0.943. The number of esters is 4. The monoisotopic (exact) mass is 1310 g/mol. The van der Waals surface area contributed by atoms with Crippen LogP contribution in [-0.4, -0.2) is 96.7 Å². The van der Waals surface area contributed by atoms with Crippen LogP contribution in [0.5, 0.6) is 0 Å². The van der Waals surface area contributed by atoms with E-state index >= 15 is 0 Å². The highest BCUT2D eigenvalue weighted by atomic mass is 31.2. The Balaban J connectivity index is 5.15. The van der Waals surface area contributed by atoms with E-state index in [1.54, 1.807) is 0 Å². The first kappa shape index (κ1) is 87.1. The summed E-state index contributed by atoms with van der Waals surface area (Å²) in [6, 6.07) is 0. The van der Waals surface area contributed by atoms with Gasteiger partial charge in [-0.3, -0.25) is 37.3 Å². The minimum absolute atomic E-state index is 0.102. The Kier molecular flexibility index (Phi) is 58.5. The maximum Gasteiger partial charge on any atom is 0.472 e. The third kappa shape index (κ3) is 63.2. The zero-order valence-electron chi connectivity index (χ0n) is 58.1. The summed E-state index contributed by atoms with van der Waals surface area (Å²) in [5, 5.41) is 10.6. The minimum atomic E-state index is -4.95. The quantitative estimate of drug-likeness (QED) is 0.0222. The third-order valence-electron chi connectivity index (χ3n) is 16.4. The molecule has 0 aliphatic carbocycles. The number of phosphoric ester groups is 2. The Morgan fingerprint density at radius 2 is 0.539 bits per heavy atom. The molecular weight excluding hydrogens is 1170 g/mol. The molecular formula is C70H136O17P2. The van der Waals surface area contributed by atoms with Crippen molar-refractivity contribution < 1.29 is 80.2 Å². The van der Waals surface area contributed by atoms with E-state index in [4.69, 9.17) is 37.0 Å². The Morgan fingerprint density at radius 1 is 0.315 bits per heavy atom. The molecule has 6 atom stereocenters. The van der Waals surface area contributed by atoms with Gasteiger partial charge in [0, 0.05) is 25.7 Å². The van der Waals surface area contributed by atoms with Crippen LogP contribution in [0, 0.1) is 23.7 Å². The molecule has 0 rings (SSSR count). The van der Waals surface area contributed by atoms with Crippen molar-refractivity contribution in [3.05, 3.63) is 0 Å². The summed E-state index contributed by atoms with van der Waals surface area (Å²) < 4.78 is 68.2. The lowest BCUT2D eigenvalue weighted by atomic mass is 10.00. The van der Waals surface area contributed by atoms with E-state index in [1.165, 1.54) is 148 Å². The van der Waals surface area contributed by atoms with Gasteiger partial charge in [-0.1, -0.05) is 293 Å². The molecule has 0 radical (unpaired) electrons. The molecule has 4 unspecified atom stereocenters. The number of ether oxygens (including phenoxy) is 4. The summed E-state index contributed by atoms with van der Waals surface area (Å²) >= 11 is 0. The molecule has 0 aromatic carbocycles. The second kappa shape index (κ2) is 59.8. The third-order valence-corrected chi connectivity index (χ3v) is 18.3. The topological polar surface area (TPSA) is 237 Å². The average Bonchev–Trinajstić information content (AvgIpc) is 3.65. The van der Waals surface area contributed by atoms with Crippen molar-refractivity contribution in [3.8, 4) is 0 Å². The van der Waals surface area contributed by atoms with Crippen LogP contribution in [0.15, 0.2) is 0 Å². The molecule has 0 spiro atoms. The van der Waals surface area contributed by atoms with Crippen LogP contribution in [0.3, 0.4) is 0 Å². The lowest BCUT2D eigenvalue weighted by molar-refractivity contribution is -0.161. The van der Waals surface area contributed by atoms with Crippen LogP contribution < -0.4 is 0 Å². The van der Waals surface area contributed by atoms with E-state index in [9.17, 15) is 43.2 Å². The van der Waals surface area contributed by atoms with Gasteiger partial charge in [-0.15, -0.1) is 0 Å². The highest BCUT2D eigenvalue weighted by Crippen LogP contribution is 2.45. The smallest absolute Gasteiger partial charge is 0.462 e. The summed E-state index contributed by atoms with van der Waals surface area (Å²) in [7, 11) is -9.90. The van der Waals surface area contributed by atoms with Crippen LogP contribution in [-0.2, 0) is 65.4 Å². The molecule has 0 saturated carbocycles. The normalized spacial score (nSPS) is 14.6. The standard InChI is InChI=1S/C70H136O17P2/c1-9-63(8)49-41-33-27-29-37-45-53-70(75)87-66(57-81-68(73)51-43-35-25-21-20-23-31-39-47-61(4)5)59-85-89(78,79)83-55-64(71)54-82-88(76,77)84-58-65(86-69(74)52-44-36-28-26-32-40-48-62(6)7)56-80-67(72)50-42-34-24-19-17-15-13-11-10-12-14-16-18-22-30-38-46-60(2)3/h60-66,71H,9-59H2,1-8H3,(H,76,77)(H,78,79)/t63?,64?,65-,66-/m1/s1. The van der Waals surface area contributed by atoms with Crippen LogP contribution in [0.4, 0.5) is 0 Å². The average molecular weight is 1310 g/mol. The van der Waals surface area contributed by atoms with E-state index < -0.39 is 97.5 Å². The number of phosphoric acid groups is 2. The molecule has 0 heterocycles. The fourth-order valence-electron chi connectivity index (χ4n) is 10.5. The molecule has 0 aliphatic heterocycles. The van der Waals surface area contributed by atoms with E-state index in [0.717, 1.165) is 108 Å². The molecule has 528 valence electrons. The molecule has 0 aliphatic rings. The van der Waals surface area contributed by atoms with Crippen molar-refractivity contribution in [1.29, 1.82) is 0 Å². The number of aliphatic hydroxyl groups is 1. The summed E-state index contributed by atoms with van der Waals surface area (Å²) in [6.45, 7) is 14.0. The molecule has 89 heavy (non-hydrogen) atoms. The first-order valence-corrected chi connectivity index (χ1v) is 39.2. The van der Waals surface area contributed by atoms with Crippen molar-refractivity contribution in [1.82, 2.24) is 0 Å². The predicted octanol–water partition coefficient (Wildman–Crippen LogP) is 19.7. The SMILES string of the molecule is CCC(C)CCCCCCCCC(=O)O[C@H](COC(=O)CCCCCCCCCCC(C)C)COP(=O)(O)OCC(O)COP(=O)(O)OC[C@@H](COC(=O)CCCCCCCCCCCCCCCCCCC(C)C)OC(=O)CCCCCCCCC(C)C. The maximum atomic E-state index is 13.0. The van der Waals surface area contributed by atoms with Crippen LogP contribution in [0.1, 0.15) is 344 Å². The highest BCUT2D eigenvalue weighted by Gasteiger charge is 2.30. The Bertz CT molecular complexity index is 1770. The summed E-state index contributed by atoms with van der Waals surface area (Å²) in [5.41, 5.74) is 0. The predicted molar refractivity (Wildman–Crippen MR) is 358 cm³/mol. The number of aliphatic hydroxyl groups excluding tert-OH is 1. The number of unbranched alkanes of at least 4 members (excludes halogenated alkanes) is 32. The van der Waals surface area contributed by atoms with Gasteiger partial charge in [0.05, 0.1) is 26.4 Å².